The molecule has 0 N–H and O–H groups in total. The molecule has 0 aliphatic heterocycles. The van der Waals surface area contributed by atoms with Crippen LogP contribution in [0.3, 0.4) is 0 Å². The Labute approximate surface area is 68.3 Å². The molecule has 1 radical (unpaired) electrons. The lowest BCUT2D eigenvalue weighted by atomic mass is 10.2. The van der Waals surface area contributed by atoms with Crippen molar-refractivity contribution in [2.24, 2.45) is 0 Å². The van der Waals surface area contributed by atoms with Gasteiger partial charge in [-0.15, -0.1) is 11.3 Å². The first-order valence-electron chi connectivity index (χ1n) is 3.26. The standard InChI is InChI=1S/C9H6FS/c1-6-5-11-9-3-2-7(10)4-8(6)9/h2-5H,1H2. The molecule has 0 aliphatic carbocycles. The predicted molar refractivity (Wildman–Crippen MR) is 46.2 cm³/mol. The fraction of sp³-hybridized carbons (Fsp3) is 0. The number of halogens is 1. The molecule has 55 valence electrons. The highest BCUT2D eigenvalue weighted by Crippen LogP contribution is 2.25. The zero-order valence-corrected chi connectivity index (χ0v) is 6.62. The van der Waals surface area contributed by atoms with E-state index in [2.05, 4.69) is 6.92 Å². The van der Waals surface area contributed by atoms with Crippen molar-refractivity contribution in [1.29, 1.82) is 0 Å². The molecule has 0 spiro atoms. The van der Waals surface area contributed by atoms with E-state index in [-0.39, 0.29) is 5.82 Å². The molecule has 2 aromatic rings. The van der Waals surface area contributed by atoms with Crippen LogP contribution in [0.2, 0.25) is 0 Å². The topological polar surface area (TPSA) is 0 Å². The summed E-state index contributed by atoms with van der Waals surface area (Å²) in [5, 5.41) is 2.86. The predicted octanol–water partition coefficient (Wildman–Crippen LogP) is 3.22. The number of thiophene rings is 1. The van der Waals surface area contributed by atoms with Crippen molar-refractivity contribution in [3.8, 4) is 0 Å². The van der Waals surface area contributed by atoms with E-state index in [1.54, 1.807) is 17.4 Å². The van der Waals surface area contributed by atoms with Crippen LogP contribution in [0, 0.1) is 12.7 Å². The lowest BCUT2D eigenvalue weighted by molar-refractivity contribution is 0.630. The van der Waals surface area contributed by atoms with E-state index < -0.39 is 0 Å². The minimum absolute atomic E-state index is 0.194. The Hall–Kier alpha value is -0.890. The Bertz CT molecular complexity index is 389. The van der Waals surface area contributed by atoms with E-state index in [1.165, 1.54) is 12.1 Å². The minimum Gasteiger partial charge on any atom is -0.207 e. The van der Waals surface area contributed by atoms with Gasteiger partial charge in [-0.3, -0.25) is 0 Å². The molecule has 0 fully saturated rings. The molecule has 1 aromatic heterocycles. The van der Waals surface area contributed by atoms with Crippen LogP contribution in [0.4, 0.5) is 4.39 Å². The van der Waals surface area contributed by atoms with Crippen molar-refractivity contribution in [2.45, 2.75) is 0 Å². The molecule has 0 nitrogen and oxygen atoms in total. The molecule has 0 bridgehead atoms. The van der Waals surface area contributed by atoms with Crippen LogP contribution in [-0.2, 0) is 0 Å². The molecule has 0 amide bonds. The minimum atomic E-state index is -0.194. The monoisotopic (exact) mass is 165 g/mol. The number of fused-ring (bicyclic) bond motifs is 1. The Morgan fingerprint density at radius 2 is 2.18 bits per heavy atom. The van der Waals surface area contributed by atoms with Crippen LogP contribution >= 0.6 is 11.3 Å². The maximum atomic E-state index is 12.7. The normalized spacial score (nSPS) is 10.7. The number of hydrogen-bond donors (Lipinski definition) is 0. The van der Waals surface area contributed by atoms with Gasteiger partial charge >= 0.3 is 0 Å². The van der Waals surface area contributed by atoms with Gasteiger partial charge in [0.05, 0.1) is 0 Å². The SMILES string of the molecule is [CH2]c1csc2ccc(F)cc12. The first kappa shape index (κ1) is 6.80. The Morgan fingerprint density at radius 3 is 3.00 bits per heavy atom. The second kappa shape index (κ2) is 2.31. The van der Waals surface area contributed by atoms with Crippen molar-refractivity contribution in [2.75, 3.05) is 0 Å². The maximum absolute atomic E-state index is 12.7. The van der Waals surface area contributed by atoms with Crippen molar-refractivity contribution in [3.63, 3.8) is 0 Å². The largest absolute Gasteiger partial charge is 0.207 e. The summed E-state index contributed by atoms with van der Waals surface area (Å²) in [5.74, 6) is -0.194. The highest BCUT2D eigenvalue weighted by Gasteiger charge is 1.99. The zero-order valence-electron chi connectivity index (χ0n) is 5.80. The third-order valence-corrected chi connectivity index (χ3v) is 2.63. The highest BCUT2D eigenvalue weighted by atomic mass is 32.1. The fourth-order valence-electron chi connectivity index (χ4n) is 1.05. The van der Waals surface area contributed by atoms with Crippen LogP contribution in [0.5, 0.6) is 0 Å². The van der Waals surface area contributed by atoms with Crippen LogP contribution in [0.25, 0.3) is 10.1 Å². The quantitative estimate of drug-likeness (QED) is 0.562. The van der Waals surface area contributed by atoms with E-state index in [0.29, 0.717) is 0 Å². The van der Waals surface area contributed by atoms with Crippen LogP contribution in [0.1, 0.15) is 5.56 Å². The van der Waals surface area contributed by atoms with E-state index in [4.69, 9.17) is 0 Å². The average Bonchev–Trinajstić information content (AvgIpc) is 2.33. The molecular formula is C9H6FS. The van der Waals surface area contributed by atoms with Crippen molar-refractivity contribution in [1.82, 2.24) is 0 Å². The summed E-state index contributed by atoms with van der Waals surface area (Å²) < 4.78 is 13.8. The summed E-state index contributed by atoms with van der Waals surface area (Å²) in [5.41, 5.74) is 0.907. The summed E-state index contributed by atoms with van der Waals surface area (Å²) in [7, 11) is 0. The van der Waals surface area contributed by atoms with Gasteiger partial charge in [0, 0.05) is 4.70 Å². The first-order valence-corrected chi connectivity index (χ1v) is 4.14. The van der Waals surface area contributed by atoms with Gasteiger partial charge in [0.25, 0.3) is 0 Å². The molecule has 0 aliphatic rings. The molecule has 0 saturated carbocycles. The smallest absolute Gasteiger partial charge is 0.123 e. The molecule has 1 aromatic carbocycles. The van der Waals surface area contributed by atoms with Crippen molar-refractivity contribution >= 4 is 21.4 Å². The molecule has 0 saturated heterocycles. The Morgan fingerprint density at radius 1 is 1.36 bits per heavy atom. The molecule has 0 atom stereocenters. The van der Waals surface area contributed by atoms with E-state index >= 15 is 0 Å². The van der Waals surface area contributed by atoms with E-state index in [9.17, 15) is 4.39 Å². The first-order chi connectivity index (χ1) is 5.27. The van der Waals surface area contributed by atoms with Gasteiger partial charge in [-0.2, -0.15) is 0 Å². The average molecular weight is 165 g/mol. The lowest BCUT2D eigenvalue weighted by Gasteiger charge is -1.90. The maximum Gasteiger partial charge on any atom is 0.123 e. The summed E-state index contributed by atoms with van der Waals surface area (Å²) in [4.78, 5) is 0. The molecule has 2 rings (SSSR count). The van der Waals surface area contributed by atoms with Crippen molar-refractivity contribution < 1.29 is 4.39 Å². The van der Waals surface area contributed by atoms with Gasteiger partial charge in [-0.05, 0) is 41.5 Å². The third kappa shape index (κ3) is 1.03. The molecule has 2 heteroatoms. The summed E-state index contributed by atoms with van der Waals surface area (Å²) in [6, 6.07) is 4.77. The van der Waals surface area contributed by atoms with E-state index in [0.717, 1.165) is 15.6 Å². The lowest BCUT2D eigenvalue weighted by Crippen LogP contribution is -1.71. The number of rotatable bonds is 0. The molecule has 0 unspecified atom stereocenters. The van der Waals surface area contributed by atoms with E-state index in [1.807, 2.05) is 5.38 Å². The van der Waals surface area contributed by atoms with Crippen LogP contribution in [-0.4, -0.2) is 0 Å². The fourth-order valence-corrected chi connectivity index (χ4v) is 1.91. The van der Waals surface area contributed by atoms with Gasteiger partial charge in [0.1, 0.15) is 5.82 Å². The Balaban J connectivity index is 2.87. The molecule has 1 heterocycles. The van der Waals surface area contributed by atoms with Gasteiger partial charge in [0.2, 0.25) is 0 Å². The molecule has 11 heavy (non-hydrogen) atoms. The molecular weight excluding hydrogens is 159 g/mol. The van der Waals surface area contributed by atoms with Gasteiger partial charge in [-0.1, -0.05) is 0 Å². The second-order valence-electron chi connectivity index (χ2n) is 2.40. The summed E-state index contributed by atoms with van der Waals surface area (Å²) >= 11 is 1.59. The highest BCUT2D eigenvalue weighted by molar-refractivity contribution is 7.17. The zero-order chi connectivity index (χ0) is 7.84. The van der Waals surface area contributed by atoms with Gasteiger partial charge < -0.3 is 0 Å². The summed E-state index contributed by atoms with van der Waals surface area (Å²) in [6.45, 7) is 3.79. The van der Waals surface area contributed by atoms with Crippen LogP contribution < -0.4 is 0 Å². The van der Waals surface area contributed by atoms with Gasteiger partial charge in [-0.25, -0.2) is 4.39 Å². The van der Waals surface area contributed by atoms with Crippen molar-refractivity contribution in [3.05, 3.63) is 41.9 Å². The number of benzene rings is 1. The number of hydrogen-bond acceptors (Lipinski definition) is 1. The third-order valence-electron chi connectivity index (χ3n) is 1.62. The Kier molecular flexibility index (Phi) is 1.43. The summed E-state index contributed by atoms with van der Waals surface area (Å²) in [6.07, 6.45) is 0. The van der Waals surface area contributed by atoms with Gasteiger partial charge in [0.15, 0.2) is 0 Å². The second-order valence-corrected chi connectivity index (χ2v) is 3.31. The van der Waals surface area contributed by atoms with Crippen LogP contribution in [0.15, 0.2) is 23.6 Å².